The molecular weight excluding hydrogens is 427 g/mol. The molecule has 0 unspecified atom stereocenters. The van der Waals surface area contributed by atoms with E-state index in [0.717, 1.165) is 45.0 Å². The first kappa shape index (κ1) is 21.1. The molecule has 1 fully saturated rings. The summed E-state index contributed by atoms with van der Waals surface area (Å²) >= 11 is 1.54. The van der Waals surface area contributed by atoms with Gasteiger partial charge in [-0.2, -0.15) is 22.0 Å². The Hall–Kier alpha value is -2.14. The van der Waals surface area contributed by atoms with Crippen molar-refractivity contribution in [1.82, 2.24) is 19.6 Å². The smallest absolute Gasteiger partial charge is 0.323 e. The molecule has 5 nitrogen and oxygen atoms in total. The van der Waals surface area contributed by atoms with Crippen LogP contribution in [0.5, 0.6) is 0 Å². The Labute approximate surface area is 173 Å². The van der Waals surface area contributed by atoms with Gasteiger partial charge >= 0.3 is 12.1 Å². The van der Waals surface area contributed by atoms with Gasteiger partial charge in [-0.05, 0) is 42.2 Å². The quantitative estimate of drug-likeness (QED) is 0.627. The van der Waals surface area contributed by atoms with Crippen molar-refractivity contribution in [3.8, 4) is 0 Å². The van der Waals surface area contributed by atoms with Crippen molar-refractivity contribution in [2.24, 2.45) is 5.92 Å². The number of thioether (sulfide) groups is 1. The van der Waals surface area contributed by atoms with E-state index in [0.29, 0.717) is 23.9 Å². The number of hydrogen-bond donors (Lipinski definition) is 1. The van der Waals surface area contributed by atoms with E-state index in [1.165, 1.54) is 12.3 Å². The zero-order valence-corrected chi connectivity index (χ0v) is 16.8. The van der Waals surface area contributed by atoms with E-state index in [1.807, 2.05) is 6.92 Å². The fourth-order valence-corrected chi connectivity index (χ4v) is 4.29. The highest BCUT2D eigenvalue weighted by Gasteiger charge is 2.57. The lowest BCUT2D eigenvalue weighted by atomic mass is 10.1. The van der Waals surface area contributed by atoms with Gasteiger partial charge < -0.3 is 4.57 Å². The van der Waals surface area contributed by atoms with Gasteiger partial charge in [0, 0.05) is 4.91 Å². The van der Waals surface area contributed by atoms with Gasteiger partial charge in [0.1, 0.15) is 5.70 Å². The standard InChI is InChI=1S/C19H19F5N4OS/c1-2-30-16-5-12(11-3-4-11)8-28(29)17(16)14-6-13-15(7-25-14)27(10-26-13)9-18(20,21)19(22,23)24/h5-7,10-11,29H,2-4,8-9H2,1H3. The first-order chi connectivity index (χ1) is 14.1. The molecule has 162 valence electrons. The SMILES string of the molecule is CCSC1=C(c2cc3ncn(CC(F)(F)C(F)(F)F)c3cn2)N(O)CC(C2CC2)=C1. The van der Waals surface area contributed by atoms with Crippen LogP contribution in [-0.4, -0.2) is 49.2 Å². The summed E-state index contributed by atoms with van der Waals surface area (Å²) in [4.78, 5) is 9.04. The first-order valence-corrected chi connectivity index (χ1v) is 10.4. The monoisotopic (exact) mass is 446 g/mol. The van der Waals surface area contributed by atoms with Crippen molar-refractivity contribution < 1.29 is 27.2 Å². The predicted octanol–water partition coefficient (Wildman–Crippen LogP) is 5.09. The fourth-order valence-electron chi connectivity index (χ4n) is 3.40. The summed E-state index contributed by atoms with van der Waals surface area (Å²) in [5, 5.41) is 11.7. The second kappa shape index (κ2) is 7.52. The third kappa shape index (κ3) is 3.92. The summed E-state index contributed by atoms with van der Waals surface area (Å²) in [6.07, 6.45) is 0.752. The van der Waals surface area contributed by atoms with Gasteiger partial charge in [-0.1, -0.05) is 6.92 Å². The number of halogens is 5. The molecule has 3 heterocycles. The van der Waals surface area contributed by atoms with Crippen LogP contribution in [0.15, 0.2) is 35.1 Å². The summed E-state index contributed by atoms with van der Waals surface area (Å²) in [7, 11) is 0. The van der Waals surface area contributed by atoms with Crippen LogP contribution in [0.1, 0.15) is 25.5 Å². The summed E-state index contributed by atoms with van der Waals surface area (Å²) in [6.45, 7) is 0.752. The predicted molar refractivity (Wildman–Crippen MR) is 103 cm³/mol. The van der Waals surface area contributed by atoms with E-state index in [9.17, 15) is 27.2 Å². The van der Waals surface area contributed by atoms with E-state index in [1.54, 1.807) is 11.8 Å². The molecule has 0 amide bonds. The number of fused-ring (bicyclic) bond motifs is 1. The molecule has 2 aliphatic rings. The van der Waals surface area contributed by atoms with Gasteiger partial charge in [0.25, 0.3) is 0 Å². The second-order valence-electron chi connectivity index (χ2n) is 7.33. The van der Waals surface area contributed by atoms with Gasteiger partial charge in [0.2, 0.25) is 0 Å². The molecule has 0 atom stereocenters. The largest absolute Gasteiger partial charge is 0.455 e. The van der Waals surface area contributed by atoms with E-state index in [4.69, 9.17) is 0 Å². The molecule has 0 saturated heterocycles. The fraction of sp³-hybridized carbons (Fsp3) is 0.474. The maximum atomic E-state index is 13.4. The van der Waals surface area contributed by atoms with Crippen molar-refractivity contribution in [3.05, 3.63) is 40.8 Å². The number of rotatable bonds is 6. The average Bonchev–Trinajstić information content (AvgIpc) is 3.43. The molecule has 1 aliphatic carbocycles. The second-order valence-corrected chi connectivity index (χ2v) is 8.64. The van der Waals surface area contributed by atoms with Gasteiger partial charge in [-0.15, -0.1) is 11.8 Å². The Morgan fingerprint density at radius 1 is 1.20 bits per heavy atom. The molecule has 1 aliphatic heterocycles. The van der Waals surface area contributed by atoms with Crippen LogP contribution >= 0.6 is 11.8 Å². The topological polar surface area (TPSA) is 54.2 Å². The van der Waals surface area contributed by atoms with Gasteiger partial charge in [0.05, 0.1) is 42.3 Å². The molecule has 0 bridgehead atoms. The zero-order chi connectivity index (χ0) is 21.7. The molecule has 1 saturated carbocycles. The van der Waals surface area contributed by atoms with Crippen LogP contribution in [0.25, 0.3) is 16.7 Å². The van der Waals surface area contributed by atoms with Gasteiger partial charge in [-0.25, -0.2) is 10.0 Å². The molecule has 4 rings (SSSR count). The molecule has 1 N–H and O–H groups in total. The van der Waals surface area contributed by atoms with Crippen molar-refractivity contribution >= 4 is 28.5 Å². The minimum absolute atomic E-state index is 0.0579. The maximum absolute atomic E-state index is 13.4. The van der Waals surface area contributed by atoms with E-state index in [2.05, 4.69) is 16.0 Å². The molecule has 0 spiro atoms. The van der Waals surface area contributed by atoms with Crippen LogP contribution in [0.4, 0.5) is 22.0 Å². The summed E-state index contributed by atoms with van der Waals surface area (Å²) in [5.41, 5.74) is 2.28. The highest BCUT2D eigenvalue weighted by atomic mass is 32.2. The molecular formula is C19H19F5N4OS. The van der Waals surface area contributed by atoms with Crippen LogP contribution in [0, 0.1) is 5.92 Å². The Balaban J connectivity index is 1.71. The Morgan fingerprint density at radius 3 is 2.57 bits per heavy atom. The molecule has 0 radical (unpaired) electrons. The number of allylic oxidation sites excluding steroid dienone is 1. The van der Waals surface area contributed by atoms with E-state index in [-0.39, 0.29) is 11.0 Å². The third-order valence-corrected chi connectivity index (χ3v) is 5.99. The molecule has 2 aromatic rings. The summed E-state index contributed by atoms with van der Waals surface area (Å²) in [5.74, 6) is -3.64. The summed E-state index contributed by atoms with van der Waals surface area (Å²) in [6, 6.07) is 1.49. The number of pyridine rings is 1. The minimum atomic E-state index is -5.65. The maximum Gasteiger partial charge on any atom is 0.455 e. The number of imidazole rings is 1. The Bertz CT molecular complexity index is 1030. The van der Waals surface area contributed by atoms with Crippen LogP contribution in [0.2, 0.25) is 0 Å². The number of hydroxylamine groups is 2. The first-order valence-electron chi connectivity index (χ1n) is 9.40. The summed E-state index contributed by atoms with van der Waals surface area (Å²) < 4.78 is 65.2. The normalized spacial score (nSPS) is 18.4. The molecule has 11 heteroatoms. The van der Waals surface area contributed by atoms with Crippen molar-refractivity contribution in [2.45, 2.75) is 38.4 Å². The van der Waals surface area contributed by atoms with Crippen molar-refractivity contribution in [3.63, 3.8) is 0 Å². The Kier molecular flexibility index (Phi) is 5.29. The number of alkyl halides is 5. The van der Waals surface area contributed by atoms with Gasteiger partial charge in [-0.3, -0.25) is 10.2 Å². The highest BCUT2D eigenvalue weighted by molar-refractivity contribution is 8.03. The van der Waals surface area contributed by atoms with Crippen LogP contribution in [0.3, 0.4) is 0 Å². The Morgan fingerprint density at radius 2 is 1.93 bits per heavy atom. The van der Waals surface area contributed by atoms with Crippen molar-refractivity contribution in [2.75, 3.05) is 12.3 Å². The van der Waals surface area contributed by atoms with Crippen LogP contribution in [-0.2, 0) is 6.54 Å². The third-order valence-electron chi connectivity index (χ3n) is 5.08. The average molecular weight is 446 g/mol. The van der Waals surface area contributed by atoms with E-state index >= 15 is 0 Å². The lowest BCUT2D eigenvalue weighted by molar-refractivity contribution is -0.286. The lowest BCUT2D eigenvalue weighted by Crippen LogP contribution is -2.40. The van der Waals surface area contributed by atoms with Crippen molar-refractivity contribution in [1.29, 1.82) is 0 Å². The zero-order valence-electron chi connectivity index (χ0n) is 16.0. The number of hydrogen-bond acceptors (Lipinski definition) is 5. The molecule has 0 aromatic carbocycles. The van der Waals surface area contributed by atoms with Gasteiger partial charge in [0.15, 0.2) is 0 Å². The molecule has 30 heavy (non-hydrogen) atoms. The lowest BCUT2D eigenvalue weighted by Gasteiger charge is -2.28. The molecule has 2 aromatic heterocycles. The highest BCUT2D eigenvalue weighted by Crippen LogP contribution is 2.43. The number of nitrogens with zero attached hydrogens (tertiary/aromatic N) is 4. The van der Waals surface area contributed by atoms with E-state index < -0.39 is 18.6 Å². The van der Waals surface area contributed by atoms with Crippen LogP contribution < -0.4 is 0 Å². The number of aromatic nitrogens is 3. The minimum Gasteiger partial charge on any atom is -0.323 e.